The summed E-state index contributed by atoms with van der Waals surface area (Å²) in [5, 5.41) is 0. The van der Waals surface area contributed by atoms with Gasteiger partial charge in [-0.05, 0) is 25.0 Å². The van der Waals surface area contributed by atoms with Gasteiger partial charge < -0.3 is 10.6 Å². The molecule has 2 N–H and O–H groups in total. The average Bonchev–Trinajstić information content (AvgIpc) is 2.88. The number of hydrogen-bond donors (Lipinski definition) is 1. The van der Waals surface area contributed by atoms with Crippen molar-refractivity contribution in [3.8, 4) is 0 Å². The minimum Gasteiger partial charge on any atom is -0.329 e. The predicted octanol–water partition coefficient (Wildman–Crippen LogP) is 2.17. The molecule has 1 saturated carbocycles. The first-order chi connectivity index (χ1) is 8.19. The zero-order valence-corrected chi connectivity index (χ0v) is 10.4. The predicted molar refractivity (Wildman–Crippen MR) is 69.8 cm³/mol. The third-order valence-corrected chi connectivity index (χ3v) is 3.85. The normalized spacial score (nSPS) is 18.0. The Morgan fingerprint density at radius 2 is 1.88 bits per heavy atom. The molecule has 1 aliphatic carbocycles. The first kappa shape index (κ1) is 12.1. The van der Waals surface area contributed by atoms with E-state index in [-0.39, 0.29) is 11.3 Å². The summed E-state index contributed by atoms with van der Waals surface area (Å²) in [7, 11) is 1.84. The van der Waals surface area contributed by atoms with Gasteiger partial charge in [0.1, 0.15) is 0 Å². The Hall–Kier alpha value is -1.35. The van der Waals surface area contributed by atoms with Crippen LogP contribution in [0.25, 0.3) is 0 Å². The fraction of sp³-hybridized carbons (Fsp3) is 0.500. The Kier molecular flexibility index (Phi) is 3.48. The van der Waals surface area contributed by atoms with Crippen LogP contribution in [0.1, 0.15) is 25.7 Å². The van der Waals surface area contributed by atoms with Crippen molar-refractivity contribution in [3.05, 3.63) is 30.3 Å². The van der Waals surface area contributed by atoms with Crippen LogP contribution in [0.2, 0.25) is 0 Å². The lowest BCUT2D eigenvalue weighted by atomic mass is 9.84. The Morgan fingerprint density at radius 3 is 2.41 bits per heavy atom. The van der Waals surface area contributed by atoms with Crippen molar-refractivity contribution in [1.29, 1.82) is 0 Å². The van der Waals surface area contributed by atoms with Gasteiger partial charge in [-0.3, -0.25) is 4.79 Å². The molecule has 1 aromatic carbocycles. The molecule has 0 unspecified atom stereocenters. The van der Waals surface area contributed by atoms with E-state index < -0.39 is 0 Å². The zero-order chi connectivity index (χ0) is 12.3. The summed E-state index contributed by atoms with van der Waals surface area (Å²) < 4.78 is 0. The molecule has 0 aliphatic heterocycles. The topological polar surface area (TPSA) is 46.3 Å². The van der Waals surface area contributed by atoms with Crippen LogP contribution in [0.4, 0.5) is 5.69 Å². The molecule has 1 aliphatic rings. The molecule has 0 bridgehead atoms. The van der Waals surface area contributed by atoms with Gasteiger partial charge in [-0.1, -0.05) is 31.0 Å². The molecule has 3 nitrogen and oxygen atoms in total. The van der Waals surface area contributed by atoms with Crippen LogP contribution in [-0.4, -0.2) is 19.5 Å². The number of nitrogens with zero attached hydrogens (tertiary/aromatic N) is 1. The van der Waals surface area contributed by atoms with Crippen molar-refractivity contribution >= 4 is 11.6 Å². The van der Waals surface area contributed by atoms with Crippen molar-refractivity contribution in [2.24, 2.45) is 11.1 Å². The van der Waals surface area contributed by atoms with E-state index in [0.29, 0.717) is 6.54 Å². The minimum absolute atomic E-state index is 0.170. The van der Waals surface area contributed by atoms with E-state index in [1.807, 2.05) is 37.4 Å². The molecule has 2 rings (SSSR count). The quantitative estimate of drug-likeness (QED) is 0.868. The SMILES string of the molecule is CN(C(=O)C1(CN)CCCC1)c1ccccc1. The molecule has 0 heterocycles. The fourth-order valence-electron chi connectivity index (χ4n) is 2.68. The first-order valence-electron chi connectivity index (χ1n) is 6.23. The molecule has 0 saturated heterocycles. The van der Waals surface area contributed by atoms with Gasteiger partial charge in [0.25, 0.3) is 0 Å². The Balaban J connectivity index is 2.19. The highest BCUT2D eigenvalue weighted by molar-refractivity contribution is 5.97. The fourth-order valence-corrected chi connectivity index (χ4v) is 2.68. The van der Waals surface area contributed by atoms with E-state index in [2.05, 4.69) is 0 Å². The number of amides is 1. The summed E-state index contributed by atoms with van der Waals surface area (Å²) in [6.07, 6.45) is 4.09. The summed E-state index contributed by atoms with van der Waals surface area (Å²) in [6.45, 7) is 0.461. The summed E-state index contributed by atoms with van der Waals surface area (Å²) in [6, 6.07) is 9.76. The summed E-state index contributed by atoms with van der Waals surface area (Å²) >= 11 is 0. The van der Waals surface area contributed by atoms with Gasteiger partial charge in [0.15, 0.2) is 0 Å². The third kappa shape index (κ3) is 2.20. The van der Waals surface area contributed by atoms with E-state index in [1.54, 1.807) is 4.90 Å². The van der Waals surface area contributed by atoms with Gasteiger partial charge in [0.05, 0.1) is 5.41 Å². The van der Waals surface area contributed by atoms with E-state index >= 15 is 0 Å². The van der Waals surface area contributed by atoms with E-state index in [0.717, 1.165) is 31.4 Å². The van der Waals surface area contributed by atoms with Gasteiger partial charge in [0.2, 0.25) is 5.91 Å². The number of carbonyl (C=O) groups is 1. The number of hydrogen-bond acceptors (Lipinski definition) is 2. The van der Waals surface area contributed by atoms with Crippen LogP contribution >= 0.6 is 0 Å². The van der Waals surface area contributed by atoms with Gasteiger partial charge >= 0.3 is 0 Å². The van der Waals surface area contributed by atoms with Crippen LogP contribution in [0.5, 0.6) is 0 Å². The second-order valence-corrected chi connectivity index (χ2v) is 4.89. The molecule has 0 atom stereocenters. The summed E-state index contributed by atoms with van der Waals surface area (Å²) in [5.41, 5.74) is 6.47. The molecular weight excluding hydrogens is 212 g/mol. The van der Waals surface area contributed by atoms with Crippen LogP contribution in [0.3, 0.4) is 0 Å². The highest BCUT2D eigenvalue weighted by Crippen LogP contribution is 2.39. The standard InChI is InChI=1S/C14H20N2O/c1-16(12-7-3-2-4-8-12)13(17)14(11-15)9-5-6-10-14/h2-4,7-8H,5-6,9-11,15H2,1H3. The number of nitrogens with two attached hydrogens (primary N) is 1. The van der Waals surface area contributed by atoms with Crippen molar-refractivity contribution in [1.82, 2.24) is 0 Å². The molecule has 17 heavy (non-hydrogen) atoms. The van der Waals surface area contributed by atoms with E-state index in [9.17, 15) is 4.79 Å². The molecule has 1 amide bonds. The van der Waals surface area contributed by atoms with E-state index in [1.165, 1.54) is 0 Å². The van der Waals surface area contributed by atoms with Gasteiger partial charge in [0, 0.05) is 19.3 Å². The molecule has 3 heteroatoms. The maximum absolute atomic E-state index is 12.5. The summed E-state index contributed by atoms with van der Waals surface area (Å²) in [4.78, 5) is 14.3. The Bertz CT molecular complexity index is 382. The zero-order valence-electron chi connectivity index (χ0n) is 10.4. The smallest absolute Gasteiger partial charge is 0.234 e. The molecule has 1 fully saturated rings. The average molecular weight is 232 g/mol. The number of rotatable bonds is 3. The number of para-hydroxylation sites is 1. The van der Waals surface area contributed by atoms with Crippen molar-refractivity contribution in [2.75, 3.05) is 18.5 Å². The highest BCUT2D eigenvalue weighted by Gasteiger charge is 2.41. The molecule has 0 spiro atoms. The van der Waals surface area contributed by atoms with Gasteiger partial charge in [-0.25, -0.2) is 0 Å². The van der Waals surface area contributed by atoms with E-state index in [4.69, 9.17) is 5.73 Å². The number of benzene rings is 1. The molecule has 0 aromatic heterocycles. The lowest BCUT2D eigenvalue weighted by Gasteiger charge is -2.31. The first-order valence-corrected chi connectivity index (χ1v) is 6.23. The molecule has 92 valence electrons. The van der Waals surface area contributed by atoms with Gasteiger partial charge in [-0.2, -0.15) is 0 Å². The molecular formula is C14H20N2O. The van der Waals surface area contributed by atoms with Crippen LogP contribution in [0.15, 0.2) is 30.3 Å². The van der Waals surface area contributed by atoms with Crippen molar-refractivity contribution in [2.45, 2.75) is 25.7 Å². The molecule has 1 aromatic rings. The maximum Gasteiger partial charge on any atom is 0.234 e. The van der Waals surface area contributed by atoms with Gasteiger partial charge in [-0.15, -0.1) is 0 Å². The number of carbonyl (C=O) groups excluding carboxylic acids is 1. The van der Waals surface area contributed by atoms with Crippen molar-refractivity contribution in [3.63, 3.8) is 0 Å². The second kappa shape index (κ2) is 4.88. The largest absolute Gasteiger partial charge is 0.329 e. The third-order valence-electron chi connectivity index (χ3n) is 3.85. The van der Waals surface area contributed by atoms with Crippen LogP contribution in [-0.2, 0) is 4.79 Å². The Labute approximate surface area is 103 Å². The highest BCUT2D eigenvalue weighted by atomic mass is 16.2. The van der Waals surface area contributed by atoms with Crippen molar-refractivity contribution < 1.29 is 4.79 Å². The Morgan fingerprint density at radius 1 is 1.29 bits per heavy atom. The van der Waals surface area contributed by atoms with Crippen LogP contribution in [0, 0.1) is 5.41 Å². The maximum atomic E-state index is 12.5. The monoisotopic (exact) mass is 232 g/mol. The minimum atomic E-state index is -0.315. The lowest BCUT2D eigenvalue weighted by Crippen LogP contribution is -2.45. The number of anilines is 1. The lowest BCUT2D eigenvalue weighted by molar-refractivity contribution is -0.127. The second-order valence-electron chi connectivity index (χ2n) is 4.89. The van der Waals surface area contributed by atoms with Crippen LogP contribution < -0.4 is 10.6 Å². The summed E-state index contributed by atoms with van der Waals surface area (Å²) in [5.74, 6) is 0.170. The molecule has 0 radical (unpaired) electrons.